The zero-order chi connectivity index (χ0) is 16.9. The van der Waals surface area contributed by atoms with Gasteiger partial charge in [-0.05, 0) is 25.7 Å². The summed E-state index contributed by atoms with van der Waals surface area (Å²) in [6, 6.07) is 0.516. The number of nitrogens with zero attached hydrogens (tertiary/aromatic N) is 3. The minimum Gasteiger partial charge on any atom is -0.389 e. The average molecular weight is 341 g/mol. The van der Waals surface area contributed by atoms with Crippen LogP contribution in [-0.4, -0.2) is 104 Å². The van der Waals surface area contributed by atoms with Gasteiger partial charge in [-0.3, -0.25) is 0 Å². The molecule has 3 heterocycles. The van der Waals surface area contributed by atoms with Gasteiger partial charge in [-0.25, -0.2) is 4.79 Å². The zero-order valence-electron chi connectivity index (χ0n) is 14.7. The Bertz CT molecular complexity index is 409. The van der Waals surface area contributed by atoms with Gasteiger partial charge in [0.15, 0.2) is 0 Å². The Morgan fingerprint density at radius 2 is 2.04 bits per heavy atom. The molecule has 138 valence electrons. The lowest BCUT2D eigenvalue weighted by Crippen LogP contribution is -2.48. The number of rotatable bonds is 7. The Labute approximate surface area is 144 Å². The van der Waals surface area contributed by atoms with E-state index >= 15 is 0 Å². The van der Waals surface area contributed by atoms with E-state index in [2.05, 4.69) is 4.90 Å². The molecule has 3 aliphatic rings. The smallest absolute Gasteiger partial charge is 0.320 e. The number of aliphatic hydroxyl groups is 1. The number of likely N-dealkylation sites (tertiary alicyclic amines) is 1. The summed E-state index contributed by atoms with van der Waals surface area (Å²) in [7, 11) is 1.87. The van der Waals surface area contributed by atoms with E-state index in [9.17, 15) is 9.90 Å². The van der Waals surface area contributed by atoms with Gasteiger partial charge in [0.05, 0.1) is 25.4 Å². The molecule has 3 rings (SSSR count). The normalized spacial score (nSPS) is 28.1. The van der Waals surface area contributed by atoms with Gasteiger partial charge in [-0.2, -0.15) is 0 Å². The number of carbonyl (C=O) groups is 1. The van der Waals surface area contributed by atoms with E-state index in [1.807, 2.05) is 11.9 Å². The van der Waals surface area contributed by atoms with Crippen LogP contribution < -0.4 is 0 Å². The molecule has 1 N–H and O–H groups in total. The van der Waals surface area contributed by atoms with Crippen LogP contribution in [0.4, 0.5) is 4.79 Å². The van der Waals surface area contributed by atoms with Crippen LogP contribution in [0.1, 0.15) is 25.7 Å². The SMILES string of the molecule is CN1CCN(C2CCN(C[C@H](O)COC[C@@H]3CCCO3)CC2)C1=O. The molecule has 0 saturated carbocycles. The predicted octanol–water partition coefficient (Wildman–Crippen LogP) is 0.375. The molecule has 2 amide bonds. The van der Waals surface area contributed by atoms with Gasteiger partial charge in [0.1, 0.15) is 0 Å². The number of hydrogen-bond donors (Lipinski definition) is 1. The molecule has 3 saturated heterocycles. The monoisotopic (exact) mass is 341 g/mol. The Hall–Kier alpha value is -0.890. The molecule has 2 atom stereocenters. The topological polar surface area (TPSA) is 65.5 Å². The second kappa shape index (κ2) is 8.47. The van der Waals surface area contributed by atoms with Crippen LogP contribution in [0.5, 0.6) is 0 Å². The summed E-state index contributed by atoms with van der Waals surface area (Å²) < 4.78 is 11.1. The fraction of sp³-hybridized carbons (Fsp3) is 0.941. The lowest BCUT2D eigenvalue weighted by Gasteiger charge is -2.37. The number of amides is 2. The Kier molecular flexibility index (Phi) is 6.32. The third kappa shape index (κ3) is 4.59. The molecule has 3 aliphatic heterocycles. The summed E-state index contributed by atoms with van der Waals surface area (Å²) in [5.74, 6) is 0. The van der Waals surface area contributed by atoms with Crippen LogP contribution in [-0.2, 0) is 9.47 Å². The van der Waals surface area contributed by atoms with E-state index in [-0.39, 0.29) is 12.1 Å². The van der Waals surface area contributed by atoms with Crippen LogP contribution in [0.2, 0.25) is 0 Å². The van der Waals surface area contributed by atoms with E-state index in [1.54, 1.807) is 4.90 Å². The summed E-state index contributed by atoms with van der Waals surface area (Å²) in [5, 5.41) is 10.2. The van der Waals surface area contributed by atoms with Crippen molar-refractivity contribution in [2.45, 2.75) is 43.9 Å². The summed E-state index contributed by atoms with van der Waals surface area (Å²) in [5.41, 5.74) is 0. The van der Waals surface area contributed by atoms with Crippen molar-refractivity contribution in [3.8, 4) is 0 Å². The molecule has 0 bridgehead atoms. The highest BCUT2D eigenvalue weighted by Gasteiger charge is 2.33. The number of β-amino-alcohol motifs (C(OH)–C–C–N with tert-alkyl or cyclic N) is 1. The van der Waals surface area contributed by atoms with Crippen LogP contribution in [0.25, 0.3) is 0 Å². The molecular weight excluding hydrogens is 310 g/mol. The molecular formula is C17H31N3O4. The van der Waals surface area contributed by atoms with E-state index < -0.39 is 6.10 Å². The standard InChI is InChI=1S/C17H31N3O4/c1-18-8-9-20(17(18)22)14-4-6-19(7-5-14)11-15(21)12-23-13-16-3-2-10-24-16/h14-16,21H,2-13H2,1H3/t15-,16-/m0/s1. The highest BCUT2D eigenvalue weighted by Crippen LogP contribution is 2.21. The van der Waals surface area contributed by atoms with Crippen molar-refractivity contribution in [1.82, 2.24) is 14.7 Å². The van der Waals surface area contributed by atoms with Gasteiger partial charge in [-0.1, -0.05) is 0 Å². The fourth-order valence-electron chi connectivity index (χ4n) is 3.88. The van der Waals surface area contributed by atoms with Gasteiger partial charge in [0.2, 0.25) is 0 Å². The molecule has 0 aromatic heterocycles. The average Bonchev–Trinajstić information content (AvgIpc) is 3.20. The summed E-state index contributed by atoms with van der Waals surface area (Å²) in [6.45, 7) is 5.98. The van der Waals surface area contributed by atoms with Crippen LogP contribution in [0.15, 0.2) is 0 Å². The first-order valence-corrected chi connectivity index (χ1v) is 9.25. The summed E-state index contributed by atoms with van der Waals surface area (Å²) in [4.78, 5) is 18.1. The van der Waals surface area contributed by atoms with Crippen molar-refractivity contribution in [2.75, 3.05) is 59.6 Å². The maximum absolute atomic E-state index is 12.1. The molecule has 0 unspecified atom stereocenters. The molecule has 0 spiro atoms. The lowest BCUT2D eigenvalue weighted by molar-refractivity contribution is -0.0277. The van der Waals surface area contributed by atoms with Crippen molar-refractivity contribution in [3.63, 3.8) is 0 Å². The number of piperidine rings is 1. The highest BCUT2D eigenvalue weighted by molar-refractivity contribution is 5.76. The van der Waals surface area contributed by atoms with Crippen molar-refractivity contribution in [2.24, 2.45) is 0 Å². The molecule has 24 heavy (non-hydrogen) atoms. The molecule has 0 aromatic rings. The van der Waals surface area contributed by atoms with Crippen LogP contribution in [0.3, 0.4) is 0 Å². The molecule has 7 nitrogen and oxygen atoms in total. The minimum absolute atomic E-state index is 0.163. The first-order chi connectivity index (χ1) is 11.6. The predicted molar refractivity (Wildman–Crippen MR) is 90.0 cm³/mol. The van der Waals surface area contributed by atoms with Gasteiger partial charge in [0, 0.05) is 52.4 Å². The summed E-state index contributed by atoms with van der Waals surface area (Å²) >= 11 is 0. The van der Waals surface area contributed by atoms with Crippen molar-refractivity contribution in [1.29, 1.82) is 0 Å². The van der Waals surface area contributed by atoms with Gasteiger partial charge < -0.3 is 29.3 Å². The van der Waals surface area contributed by atoms with Gasteiger partial charge in [0.25, 0.3) is 0 Å². The maximum Gasteiger partial charge on any atom is 0.320 e. The first kappa shape index (κ1) is 17.9. The molecule has 0 radical (unpaired) electrons. The molecule has 7 heteroatoms. The number of aliphatic hydroxyl groups excluding tert-OH is 1. The third-order valence-corrected chi connectivity index (χ3v) is 5.35. The number of likely N-dealkylation sites (N-methyl/N-ethyl adjacent to an activating group) is 1. The lowest BCUT2D eigenvalue weighted by atomic mass is 10.0. The molecule has 3 fully saturated rings. The zero-order valence-corrected chi connectivity index (χ0v) is 14.7. The number of carbonyl (C=O) groups excluding carboxylic acids is 1. The van der Waals surface area contributed by atoms with Crippen molar-refractivity contribution < 1.29 is 19.4 Å². The minimum atomic E-state index is -0.456. The largest absolute Gasteiger partial charge is 0.389 e. The van der Waals surface area contributed by atoms with Crippen LogP contribution >= 0.6 is 0 Å². The van der Waals surface area contributed by atoms with E-state index in [4.69, 9.17) is 9.47 Å². The Morgan fingerprint density at radius 1 is 1.25 bits per heavy atom. The van der Waals surface area contributed by atoms with Gasteiger partial charge in [-0.15, -0.1) is 0 Å². The van der Waals surface area contributed by atoms with E-state index in [0.29, 0.717) is 25.8 Å². The fourth-order valence-corrected chi connectivity index (χ4v) is 3.88. The van der Waals surface area contributed by atoms with E-state index in [0.717, 1.165) is 58.5 Å². The molecule has 0 aliphatic carbocycles. The third-order valence-electron chi connectivity index (χ3n) is 5.35. The summed E-state index contributed by atoms with van der Waals surface area (Å²) in [6.07, 6.45) is 3.91. The number of urea groups is 1. The Morgan fingerprint density at radius 3 is 2.67 bits per heavy atom. The maximum atomic E-state index is 12.1. The second-order valence-electron chi connectivity index (χ2n) is 7.26. The second-order valence-corrected chi connectivity index (χ2v) is 7.26. The number of ether oxygens (including phenoxy) is 2. The van der Waals surface area contributed by atoms with Gasteiger partial charge >= 0.3 is 6.03 Å². The Balaban J connectivity index is 1.31. The van der Waals surface area contributed by atoms with Crippen LogP contribution in [0, 0.1) is 0 Å². The quantitative estimate of drug-likeness (QED) is 0.725. The highest BCUT2D eigenvalue weighted by atomic mass is 16.5. The number of hydrogen-bond acceptors (Lipinski definition) is 5. The van der Waals surface area contributed by atoms with E-state index in [1.165, 1.54) is 0 Å². The van der Waals surface area contributed by atoms with Crippen molar-refractivity contribution in [3.05, 3.63) is 0 Å². The van der Waals surface area contributed by atoms with Crippen molar-refractivity contribution >= 4 is 6.03 Å². The first-order valence-electron chi connectivity index (χ1n) is 9.25. The molecule has 0 aromatic carbocycles.